The van der Waals surface area contributed by atoms with Crippen LogP contribution in [-0.4, -0.2) is 15.3 Å². The topological polar surface area (TPSA) is 48.9 Å². The fraction of sp³-hybridized carbons (Fsp3) is 0. The molecule has 4 aromatic rings. The van der Waals surface area contributed by atoms with Gasteiger partial charge in [-0.05, 0) is 47.0 Å². The fourth-order valence-electron chi connectivity index (χ4n) is 2.77. The van der Waals surface area contributed by atoms with Gasteiger partial charge in [-0.1, -0.05) is 54.6 Å². The molecule has 24 heavy (non-hydrogen) atoms. The summed E-state index contributed by atoms with van der Waals surface area (Å²) in [7, 11) is 0. The molecule has 3 aromatic carbocycles. The van der Waals surface area contributed by atoms with Crippen molar-refractivity contribution in [2.75, 3.05) is 0 Å². The van der Waals surface area contributed by atoms with Crippen LogP contribution in [0, 0.1) is 0 Å². The van der Waals surface area contributed by atoms with Crippen LogP contribution in [0.2, 0.25) is 0 Å². The SMILES string of the molecule is Oc1cccc(-c2ccc3c(C=Cc4ccccc4)n[nH]c3c2)c1. The van der Waals surface area contributed by atoms with Crippen molar-refractivity contribution in [3.05, 3.63) is 84.1 Å². The van der Waals surface area contributed by atoms with Crippen molar-refractivity contribution in [3.63, 3.8) is 0 Å². The van der Waals surface area contributed by atoms with E-state index in [-0.39, 0.29) is 5.75 Å². The van der Waals surface area contributed by atoms with Crippen LogP contribution < -0.4 is 0 Å². The number of aromatic amines is 1. The summed E-state index contributed by atoms with van der Waals surface area (Å²) >= 11 is 0. The van der Waals surface area contributed by atoms with E-state index in [0.717, 1.165) is 33.3 Å². The first-order valence-electron chi connectivity index (χ1n) is 7.80. The maximum Gasteiger partial charge on any atom is 0.116 e. The van der Waals surface area contributed by atoms with Crippen molar-refractivity contribution in [1.82, 2.24) is 10.2 Å². The Bertz CT molecular complexity index is 1020. The number of aromatic nitrogens is 2. The molecule has 0 amide bonds. The molecule has 0 saturated heterocycles. The number of H-pyrrole nitrogens is 1. The van der Waals surface area contributed by atoms with Crippen LogP contribution in [0.3, 0.4) is 0 Å². The largest absolute Gasteiger partial charge is 0.508 e. The van der Waals surface area contributed by atoms with E-state index in [2.05, 4.69) is 40.5 Å². The van der Waals surface area contributed by atoms with Crippen molar-refractivity contribution >= 4 is 23.1 Å². The average Bonchev–Trinajstić information content (AvgIpc) is 3.03. The zero-order valence-corrected chi connectivity index (χ0v) is 13.0. The van der Waals surface area contributed by atoms with Crippen LogP contribution in [0.25, 0.3) is 34.2 Å². The number of nitrogens with zero attached hydrogens (tertiary/aromatic N) is 1. The molecule has 1 heterocycles. The van der Waals surface area contributed by atoms with Crippen molar-refractivity contribution in [1.29, 1.82) is 0 Å². The summed E-state index contributed by atoms with van der Waals surface area (Å²) in [5.41, 5.74) is 5.05. The van der Waals surface area contributed by atoms with Crippen LogP contribution >= 0.6 is 0 Å². The second-order valence-electron chi connectivity index (χ2n) is 5.66. The van der Waals surface area contributed by atoms with Gasteiger partial charge in [-0.3, -0.25) is 5.10 Å². The molecule has 0 fully saturated rings. The number of phenols is 1. The molecular formula is C21H16N2O. The molecule has 0 aliphatic rings. The van der Waals surface area contributed by atoms with Crippen molar-refractivity contribution < 1.29 is 5.11 Å². The predicted molar refractivity (Wildman–Crippen MR) is 98.6 cm³/mol. The van der Waals surface area contributed by atoms with Gasteiger partial charge in [-0.25, -0.2) is 0 Å². The number of nitrogens with one attached hydrogen (secondary N) is 1. The highest BCUT2D eigenvalue weighted by Crippen LogP contribution is 2.27. The van der Waals surface area contributed by atoms with Crippen LogP contribution in [0.1, 0.15) is 11.3 Å². The second-order valence-corrected chi connectivity index (χ2v) is 5.66. The first kappa shape index (κ1) is 14.3. The van der Waals surface area contributed by atoms with Gasteiger partial charge in [0.2, 0.25) is 0 Å². The molecule has 0 aliphatic heterocycles. The molecule has 0 bridgehead atoms. The summed E-state index contributed by atoms with van der Waals surface area (Å²) in [6.45, 7) is 0. The number of aromatic hydroxyl groups is 1. The highest BCUT2D eigenvalue weighted by atomic mass is 16.3. The van der Waals surface area contributed by atoms with Crippen molar-refractivity contribution in [2.24, 2.45) is 0 Å². The fourth-order valence-corrected chi connectivity index (χ4v) is 2.77. The Labute approximate surface area is 139 Å². The van der Waals surface area contributed by atoms with E-state index in [1.165, 1.54) is 0 Å². The lowest BCUT2D eigenvalue weighted by atomic mass is 10.0. The summed E-state index contributed by atoms with van der Waals surface area (Å²) in [6.07, 6.45) is 4.07. The quantitative estimate of drug-likeness (QED) is 0.552. The Hall–Kier alpha value is -3.33. The van der Waals surface area contributed by atoms with Gasteiger partial charge < -0.3 is 5.11 Å². The lowest BCUT2D eigenvalue weighted by molar-refractivity contribution is 0.475. The molecule has 116 valence electrons. The van der Waals surface area contributed by atoms with Crippen LogP contribution in [0.4, 0.5) is 0 Å². The number of hydrogen-bond acceptors (Lipinski definition) is 2. The third kappa shape index (κ3) is 2.79. The van der Waals surface area contributed by atoms with E-state index >= 15 is 0 Å². The van der Waals surface area contributed by atoms with Crippen molar-refractivity contribution in [2.45, 2.75) is 0 Å². The number of phenolic OH excluding ortho intramolecular Hbond substituents is 1. The normalized spacial score (nSPS) is 11.3. The minimum Gasteiger partial charge on any atom is -0.508 e. The number of rotatable bonds is 3. The molecule has 3 nitrogen and oxygen atoms in total. The van der Waals surface area contributed by atoms with Gasteiger partial charge in [0, 0.05) is 5.39 Å². The van der Waals surface area contributed by atoms with Gasteiger partial charge in [0.1, 0.15) is 5.75 Å². The molecule has 4 rings (SSSR count). The smallest absolute Gasteiger partial charge is 0.116 e. The van der Waals surface area contributed by atoms with Crippen LogP contribution in [0.5, 0.6) is 5.75 Å². The average molecular weight is 312 g/mol. The van der Waals surface area contributed by atoms with Gasteiger partial charge in [0.05, 0.1) is 11.2 Å². The standard InChI is InChI=1S/C21H16N2O/c24-18-8-4-7-16(13-18)17-10-11-19-20(22-23-21(19)14-17)12-9-15-5-2-1-3-6-15/h1-14,24H,(H,22,23). The lowest BCUT2D eigenvalue weighted by Gasteiger charge is -2.02. The molecule has 0 atom stereocenters. The lowest BCUT2D eigenvalue weighted by Crippen LogP contribution is -1.78. The molecule has 0 aliphatic carbocycles. The van der Waals surface area contributed by atoms with E-state index in [4.69, 9.17) is 0 Å². The highest BCUT2D eigenvalue weighted by Gasteiger charge is 2.05. The Balaban J connectivity index is 1.69. The Morgan fingerprint density at radius 1 is 0.792 bits per heavy atom. The third-order valence-corrected chi connectivity index (χ3v) is 4.01. The summed E-state index contributed by atoms with van der Waals surface area (Å²) in [5, 5.41) is 18.2. The maximum absolute atomic E-state index is 9.64. The summed E-state index contributed by atoms with van der Waals surface area (Å²) in [4.78, 5) is 0. The molecule has 3 heteroatoms. The maximum atomic E-state index is 9.64. The second kappa shape index (κ2) is 6.05. The van der Waals surface area contributed by atoms with E-state index < -0.39 is 0 Å². The van der Waals surface area contributed by atoms with E-state index in [9.17, 15) is 5.11 Å². The third-order valence-electron chi connectivity index (χ3n) is 4.01. The number of benzene rings is 3. The number of hydrogen-bond donors (Lipinski definition) is 2. The molecule has 2 N–H and O–H groups in total. The zero-order valence-electron chi connectivity index (χ0n) is 13.0. The van der Waals surface area contributed by atoms with Gasteiger partial charge in [-0.15, -0.1) is 0 Å². The molecule has 1 aromatic heterocycles. The molecule has 0 saturated carbocycles. The van der Waals surface area contributed by atoms with E-state index in [0.29, 0.717) is 0 Å². The van der Waals surface area contributed by atoms with Gasteiger partial charge in [-0.2, -0.15) is 5.10 Å². The Kier molecular flexibility index (Phi) is 3.60. The molecular weight excluding hydrogens is 296 g/mol. The van der Waals surface area contributed by atoms with E-state index in [1.807, 2.05) is 42.5 Å². The zero-order chi connectivity index (χ0) is 16.4. The molecule has 0 unspecified atom stereocenters. The Morgan fingerprint density at radius 2 is 1.62 bits per heavy atom. The van der Waals surface area contributed by atoms with Crippen LogP contribution in [-0.2, 0) is 0 Å². The van der Waals surface area contributed by atoms with Gasteiger partial charge >= 0.3 is 0 Å². The van der Waals surface area contributed by atoms with Crippen molar-refractivity contribution in [3.8, 4) is 16.9 Å². The predicted octanol–water partition coefficient (Wildman–Crippen LogP) is 5.11. The first-order chi connectivity index (χ1) is 11.8. The summed E-state index contributed by atoms with van der Waals surface area (Å²) < 4.78 is 0. The summed E-state index contributed by atoms with van der Waals surface area (Å²) in [6, 6.07) is 23.6. The minimum atomic E-state index is 0.267. The molecule has 0 radical (unpaired) electrons. The van der Waals surface area contributed by atoms with Gasteiger partial charge in [0.15, 0.2) is 0 Å². The van der Waals surface area contributed by atoms with Gasteiger partial charge in [0.25, 0.3) is 0 Å². The highest BCUT2D eigenvalue weighted by molar-refractivity contribution is 5.92. The first-order valence-corrected chi connectivity index (χ1v) is 7.80. The summed E-state index contributed by atoms with van der Waals surface area (Å²) in [5.74, 6) is 0.267. The number of fused-ring (bicyclic) bond motifs is 1. The molecule has 0 spiro atoms. The Morgan fingerprint density at radius 3 is 2.46 bits per heavy atom. The minimum absolute atomic E-state index is 0.267. The monoisotopic (exact) mass is 312 g/mol. The van der Waals surface area contributed by atoms with E-state index in [1.54, 1.807) is 12.1 Å². The van der Waals surface area contributed by atoms with Crippen LogP contribution in [0.15, 0.2) is 72.8 Å².